The largest absolute Gasteiger partial charge is 0.462 e. The van der Waals surface area contributed by atoms with Crippen molar-refractivity contribution in [3.05, 3.63) is 30.1 Å². The van der Waals surface area contributed by atoms with E-state index < -0.39 is 0 Å². The predicted molar refractivity (Wildman–Crippen MR) is 95.0 cm³/mol. The van der Waals surface area contributed by atoms with Gasteiger partial charge in [0.25, 0.3) is 0 Å². The summed E-state index contributed by atoms with van der Waals surface area (Å²) < 4.78 is 11.9. The maximum Gasteiger partial charge on any atom is 0.315 e. The Bertz CT molecular complexity index is 690. The van der Waals surface area contributed by atoms with Crippen LogP contribution in [0, 0.1) is 23.2 Å². The van der Waals surface area contributed by atoms with Gasteiger partial charge in [-0.1, -0.05) is 13.0 Å². The van der Waals surface area contributed by atoms with E-state index in [1.807, 2.05) is 12.3 Å². The number of hydrogen-bond acceptors (Lipinski definition) is 4. The molecule has 1 aromatic rings. The lowest BCUT2D eigenvalue weighted by molar-refractivity contribution is -0.675. The fourth-order valence-electron chi connectivity index (χ4n) is 6.17. The molecule has 4 fully saturated rings. The van der Waals surface area contributed by atoms with Crippen molar-refractivity contribution in [3.8, 4) is 0 Å². The molecule has 0 aromatic carbocycles. The number of ether oxygens (including phenoxy) is 2. The van der Waals surface area contributed by atoms with Gasteiger partial charge in [0, 0.05) is 23.9 Å². The molecule has 2 aliphatic carbocycles. The molecule has 2 aliphatic heterocycles. The Kier molecular flexibility index (Phi) is 3.87. The van der Waals surface area contributed by atoms with Crippen LogP contribution in [0.25, 0.3) is 0 Å². The Morgan fingerprint density at radius 1 is 1.38 bits per heavy atom. The second-order valence-corrected chi connectivity index (χ2v) is 9.19. The standard InChI is InChI=1S/C21H28N2O3/c1-20-5-3-6-21(13-25-21)18(20)8-15-16(19(24)26-17(15)9-20)12-23-11-14-4-2-7-22-10-14/h2,4,7,10,15-18,23H,3,5-6,8-9,11-13H2,1H3/p+1/t15-,16+,17-,18-,20-,21+/m1/s1. The van der Waals surface area contributed by atoms with Gasteiger partial charge >= 0.3 is 5.97 Å². The third kappa shape index (κ3) is 2.67. The Balaban J connectivity index is 1.28. The van der Waals surface area contributed by atoms with Crippen LogP contribution in [-0.4, -0.2) is 35.8 Å². The zero-order chi connectivity index (χ0) is 17.8. The van der Waals surface area contributed by atoms with Crippen molar-refractivity contribution in [1.29, 1.82) is 0 Å². The first kappa shape index (κ1) is 16.7. The van der Waals surface area contributed by atoms with Crippen LogP contribution >= 0.6 is 0 Å². The molecule has 3 heterocycles. The summed E-state index contributed by atoms with van der Waals surface area (Å²) in [6.45, 7) is 5.01. The molecule has 2 saturated heterocycles. The highest BCUT2D eigenvalue weighted by Gasteiger charge is 2.65. The summed E-state index contributed by atoms with van der Waals surface area (Å²) in [7, 11) is 0. The Morgan fingerprint density at radius 2 is 2.27 bits per heavy atom. The zero-order valence-corrected chi connectivity index (χ0v) is 15.5. The number of nitrogens with zero attached hydrogens (tertiary/aromatic N) is 1. The van der Waals surface area contributed by atoms with Gasteiger partial charge in [0.2, 0.25) is 0 Å². The highest BCUT2D eigenvalue weighted by atomic mass is 16.6. The maximum atomic E-state index is 12.6. The summed E-state index contributed by atoms with van der Waals surface area (Å²) in [5, 5.41) is 2.24. The van der Waals surface area contributed by atoms with Crippen molar-refractivity contribution in [3.63, 3.8) is 0 Å². The number of nitrogens with two attached hydrogens (primary N) is 1. The Hall–Kier alpha value is -1.46. The smallest absolute Gasteiger partial charge is 0.315 e. The molecule has 2 N–H and O–H groups in total. The summed E-state index contributed by atoms with van der Waals surface area (Å²) in [5.41, 5.74) is 1.61. The molecular formula is C21H29N2O3+. The third-order valence-corrected chi connectivity index (χ3v) is 7.60. The molecule has 26 heavy (non-hydrogen) atoms. The van der Waals surface area contributed by atoms with E-state index in [1.165, 1.54) is 24.8 Å². The number of carbonyl (C=O) groups is 1. The SMILES string of the molecule is C[C@]12CCC[C@]3(CO3)[C@@H]1C[C@@H]1[C@H](C[NH2+]Cc3cccnc3)C(=O)O[C@@H]1C2. The first-order valence-electron chi connectivity index (χ1n) is 10.1. The van der Waals surface area contributed by atoms with Crippen LogP contribution in [0.4, 0.5) is 0 Å². The number of epoxide rings is 1. The fraction of sp³-hybridized carbons (Fsp3) is 0.714. The monoisotopic (exact) mass is 357 g/mol. The van der Waals surface area contributed by atoms with E-state index in [9.17, 15) is 4.79 Å². The average molecular weight is 357 g/mol. The molecule has 0 amide bonds. The second-order valence-electron chi connectivity index (χ2n) is 9.19. The van der Waals surface area contributed by atoms with Gasteiger partial charge in [0.1, 0.15) is 18.6 Å². The molecule has 0 bridgehead atoms. The summed E-state index contributed by atoms with van der Waals surface area (Å²) in [5.74, 6) is 1.01. The van der Waals surface area contributed by atoms with Gasteiger partial charge in [-0.25, -0.2) is 0 Å². The number of quaternary nitrogens is 1. The Labute approximate surface area is 154 Å². The van der Waals surface area contributed by atoms with Gasteiger partial charge in [0.05, 0.1) is 18.8 Å². The van der Waals surface area contributed by atoms with Crippen LogP contribution in [0.2, 0.25) is 0 Å². The zero-order valence-electron chi connectivity index (χ0n) is 15.5. The lowest BCUT2D eigenvalue weighted by Gasteiger charge is -2.51. The van der Waals surface area contributed by atoms with Gasteiger partial charge in [-0.3, -0.25) is 9.78 Å². The van der Waals surface area contributed by atoms with Gasteiger partial charge < -0.3 is 14.8 Å². The molecule has 140 valence electrons. The minimum atomic E-state index is 0.0236. The maximum absolute atomic E-state index is 12.6. The van der Waals surface area contributed by atoms with Crippen LogP contribution < -0.4 is 5.32 Å². The first-order valence-corrected chi connectivity index (χ1v) is 10.1. The minimum absolute atomic E-state index is 0.0236. The van der Waals surface area contributed by atoms with Crippen molar-refractivity contribution in [2.24, 2.45) is 23.2 Å². The normalized spacial score (nSPS) is 43.7. The number of carbonyl (C=O) groups excluding carboxylic acids is 1. The lowest BCUT2D eigenvalue weighted by atomic mass is 9.53. The van der Waals surface area contributed by atoms with Crippen LogP contribution in [0.15, 0.2) is 24.5 Å². The summed E-state index contributed by atoms with van der Waals surface area (Å²) in [6, 6.07) is 4.05. The van der Waals surface area contributed by atoms with Gasteiger partial charge in [-0.15, -0.1) is 0 Å². The number of hydrogen-bond donors (Lipinski definition) is 1. The van der Waals surface area contributed by atoms with Gasteiger partial charge in [-0.2, -0.15) is 0 Å². The van der Waals surface area contributed by atoms with Crippen molar-refractivity contribution in [2.45, 2.75) is 57.3 Å². The molecule has 0 radical (unpaired) electrons. The molecule has 5 rings (SSSR count). The lowest BCUT2D eigenvalue weighted by Crippen LogP contribution is -2.84. The molecule has 4 aliphatic rings. The quantitative estimate of drug-likeness (QED) is 0.657. The molecular weight excluding hydrogens is 328 g/mol. The molecule has 0 unspecified atom stereocenters. The number of pyridine rings is 1. The van der Waals surface area contributed by atoms with E-state index in [0.29, 0.717) is 11.8 Å². The van der Waals surface area contributed by atoms with Gasteiger partial charge in [0.15, 0.2) is 0 Å². The number of fused-ring (bicyclic) bond motifs is 3. The number of aromatic nitrogens is 1. The predicted octanol–water partition coefficient (Wildman–Crippen LogP) is 1.67. The molecule has 6 atom stereocenters. The molecule has 5 heteroatoms. The first-order chi connectivity index (χ1) is 12.6. The second kappa shape index (κ2) is 6.03. The van der Waals surface area contributed by atoms with E-state index in [0.717, 1.165) is 32.5 Å². The number of rotatable bonds is 4. The highest BCUT2D eigenvalue weighted by molar-refractivity contribution is 5.75. The van der Waals surface area contributed by atoms with Crippen molar-refractivity contribution in [1.82, 2.24) is 4.98 Å². The van der Waals surface area contributed by atoms with Gasteiger partial charge in [-0.05, 0) is 49.5 Å². The molecule has 5 nitrogen and oxygen atoms in total. The van der Waals surface area contributed by atoms with E-state index in [2.05, 4.69) is 23.3 Å². The van der Waals surface area contributed by atoms with Crippen LogP contribution in [0.5, 0.6) is 0 Å². The fourth-order valence-corrected chi connectivity index (χ4v) is 6.17. The van der Waals surface area contributed by atoms with E-state index >= 15 is 0 Å². The average Bonchev–Trinajstić information content (AvgIpc) is 3.33. The van der Waals surface area contributed by atoms with Crippen LogP contribution in [-0.2, 0) is 20.8 Å². The van der Waals surface area contributed by atoms with Crippen molar-refractivity contribution >= 4 is 5.97 Å². The van der Waals surface area contributed by atoms with Crippen LogP contribution in [0.1, 0.15) is 44.6 Å². The molecule has 2 saturated carbocycles. The topological polar surface area (TPSA) is 68.3 Å². The van der Waals surface area contributed by atoms with E-state index in [4.69, 9.17) is 9.47 Å². The van der Waals surface area contributed by atoms with E-state index in [-0.39, 0.29) is 29.0 Å². The summed E-state index contributed by atoms with van der Waals surface area (Å²) in [6.07, 6.45) is 9.64. The van der Waals surface area contributed by atoms with Crippen molar-refractivity contribution in [2.75, 3.05) is 13.2 Å². The van der Waals surface area contributed by atoms with Crippen molar-refractivity contribution < 1.29 is 19.6 Å². The minimum Gasteiger partial charge on any atom is -0.462 e. The molecule has 1 aromatic heterocycles. The summed E-state index contributed by atoms with van der Waals surface area (Å²) >= 11 is 0. The van der Waals surface area contributed by atoms with Crippen LogP contribution in [0.3, 0.4) is 0 Å². The number of esters is 1. The Morgan fingerprint density at radius 3 is 3.04 bits per heavy atom. The third-order valence-electron chi connectivity index (χ3n) is 7.60. The highest BCUT2D eigenvalue weighted by Crippen LogP contribution is 2.62. The summed E-state index contributed by atoms with van der Waals surface area (Å²) in [4.78, 5) is 16.7. The van der Waals surface area contributed by atoms with E-state index in [1.54, 1.807) is 6.20 Å². The molecule has 1 spiro atoms.